The van der Waals surface area contributed by atoms with Gasteiger partial charge in [-0.05, 0) is 30.7 Å². The second kappa shape index (κ2) is 14.3. The maximum atomic E-state index is 11.9. The normalized spacial score (nSPS) is 10.5. The lowest BCUT2D eigenvalue weighted by Gasteiger charge is -2.06. The molecule has 4 nitrogen and oxygen atoms in total. The molecular formula is C22H35NO3. The summed E-state index contributed by atoms with van der Waals surface area (Å²) in [6.45, 7) is 2.25. The Labute approximate surface area is 158 Å². The van der Waals surface area contributed by atoms with Gasteiger partial charge in [0, 0.05) is 12.1 Å². The topological polar surface area (TPSA) is 55.4 Å². The van der Waals surface area contributed by atoms with Crippen LogP contribution in [0.5, 0.6) is 0 Å². The molecule has 0 aliphatic rings. The Morgan fingerprint density at radius 1 is 0.808 bits per heavy atom. The van der Waals surface area contributed by atoms with E-state index in [4.69, 9.17) is 0 Å². The van der Waals surface area contributed by atoms with E-state index in [1.54, 1.807) is 24.3 Å². The summed E-state index contributed by atoms with van der Waals surface area (Å²) in [6.07, 6.45) is 14.6. The highest BCUT2D eigenvalue weighted by atomic mass is 16.5. The maximum Gasteiger partial charge on any atom is 0.337 e. The number of esters is 1. The minimum Gasteiger partial charge on any atom is -0.465 e. The smallest absolute Gasteiger partial charge is 0.337 e. The number of anilines is 1. The molecule has 1 aromatic carbocycles. The van der Waals surface area contributed by atoms with Gasteiger partial charge in [-0.25, -0.2) is 4.79 Å². The number of hydrogen-bond acceptors (Lipinski definition) is 3. The summed E-state index contributed by atoms with van der Waals surface area (Å²) in [5.41, 5.74) is 1.20. The summed E-state index contributed by atoms with van der Waals surface area (Å²) >= 11 is 0. The molecule has 1 amide bonds. The molecule has 0 fully saturated rings. The number of unbranched alkanes of at least 4 members (excludes halogenated alkanes) is 10. The molecule has 0 heterocycles. The zero-order chi connectivity index (χ0) is 19.0. The molecule has 0 unspecified atom stereocenters. The SMILES string of the molecule is CCCCCCCCCCCCCC(=O)Nc1ccc(C(=O)OC)cc1. The van der Waals surface area contributed by atoms with Crippen LogP contribution in [0, 0.1) is 0 Å². The lowest BCUT2D eigenvalue weighted by Crippen LogP contribution is -2.11. The number of nitrogens with one attached hydrogen (secondary N) is 1. The number of amides is 1. The molecule has 146 valence electrons. The summed E-state index contributed by atoms with van der Waals surface area (Å²) < 4.78 is 4.65. The number of carbonyl (C=O) groups is 2. The van der Waals surface area contributed by atoms with Crippen molar-refractivity contribution in [3.63, 3.8) is 0 Å². The summed E-state index contributed by atoms with van der Waals surface area (Å²) in [5.74, 6) is -0.337. The zero-order valence-corrected chi connectivity index (χ0v) is 16.5. The van der Waals surface area contributed by atoms with Crippen LogP contribution in [-0.2, 0) is 9.53 Å². The van der Waals surface area contributed by atoms with Gasteiger partial charge in [0.05, 0.1) is 12.7 Å². The quantitative estimate of drug-likeness (QED) is 0.321. The number of methoxy groups -OCH3 is 1. The average Bonchev–Trinajstić information content (AvgIpc) is 2.66. The standard InChI is InChI=1S/C22H35NO3/c1-3-4-5-6-7-8-9-10-11-12-13-14-21(24)23-20-17-15-19(16-18-20)22(25)26-2/h15-18H,3-14H2,1-2H3,(H,23,24). The van der Waals surface area contributed by atoms with Crippen molar-refractivity contribution < 1.29 is 14.3 Å². The van der Waals surface area contributed by atoms with Crippen LogP contribution in [0.25, 0.3) is 0 Å². The molecule has 0 saturated carbocycles. The fourth-order valence-electron chi connectivity index (χ4n) is 2.98. The molecule has 0 radical (unpaired) electrons. The Hall–Kier alpha value is -1.84. The van der Waals surface area contributed by atoms with Gasteiger partial charge in [0.25, 0.3) is 0 Å². The van der Waals surface area contributed by atoms with Crippen molar-refractivity contribution in [1.82, 2.24) is 0 Å². The largest absolute Gasteiger partial charge is 0.465 e. The van der Waals surface area contributed by atoms with Crippen molar-refractivity contribution in [2.45, 2.75) is 84.0 Å². The third-order valence-corrected chi connectivity index (χ3v) is 4.60. The van der Waals surface area contributed by atoms with E-state index in [-0.39, 0.29) is 11.9 Å². The predicted molar refractivity (Wildman–Crippen MR) is 107 cm³/mol. The minimum absolute atomic E-state index is 0.0340. The van der Waals surface area contributed by atoms with Crippen molar-refractivity contribution in [3.8, 4) is 0 Å². The van der Waals surface area contributed by atoms with E-state index < -0.39 is 0 Å². The van der Waals surface area contributed by atoms with Crippen LogP contribution < -0.4 is 5.32 Å². The van der Waals surface area contributed by atoms with Crippen LogP contribution >= 0.6 is 0 Å². The molecule has 1 aromatic rings. The molecule has 0 aliphatic heterocycles. The van der Waals surface area contributed by atoms with Crippen molar-refractivity contribution in [2.75, 3.05) is 12.4 Å². The van der Waals surface area contributed by atoms with Gasteiger partial charge in [-0.1, -0.05) is 71.1 Å². The summed E-state index contributed by atoms with van der Waals surface area (Å²) in [6, 6.07) is 6.77. The number of hydrogen-bond donors (Lipinski definition) is 1. The highest BCUT2D eigenvalue weighted by Crippen LogP contribution is 2.14. The van der Waals surface area contributed by atoms with Crippen LogP contribution in [0.15, 0.2) is 24.3 Å². The average molecular weight is 362 g/mol. The van der Waals surface area contributed by atoms with Gasteiger partial charge < -0.3 is 10.1 Å². The van der Waals surface area contributed by atoms with E-state index in [1.165, 1.54) is 64.9 Å². The Morgan fingerprint density at radius 2 is 1.31 bits per heavy atom. The molecule has 0 aromatic heterocycles. The van der Waals surface area contributed by atoms with Crippen LogP contribution in [0.1, 0.15) is 94.3 Å². The number of ether oxygens (including phenoxy) is 1. The van der Waals surface area contributed by atoms with Crippen LogP contribution in [-0.4, -0.2) is 19.0 Å². The van der Waals surface area contributed by atoms with E-state index >= 15 is 0 Å². The van der Waals surface area contributed by atoms with E-state index in [1.807, 2.05) is 0 Å². The summed E-state index contributed by atoms with van der Waals surface area (Å²) in [7, 11) is 1.35. The molecule has 0 aliphatic carbocycles. The predicted octanol–water partition coefficient (Wildman–Crippen LogP) is 6.11. The first-order valence-corrected chi connectivity index (χ1v) is 10.2. The molecular weight excluding hydrogens is 326 g/mol. The van der Waals surface area contributed by atoms with E-state index in [0.717, 1.165) is 12.8 Å². The van der Waals surface area contributed by atoms with Gasteiger partial charge in [-0.3, -0.25) is 4.79 Å². The highest BCUT2D eigenvalue weighted by Gasteiger charge is 2.06. The third kappa shape index (κ3) is 10.2. The van der Waals surface area contributed by atoms with E-state index in [2.05, 4.69) is 17.0 Å². The van der Waals surface area contributed by atoms with E-state index in [9.17, 15) is 9.59 Å². The minimum atomic E-state index is -0.371. The van der Waals surface area contributed by atoms with Gasteiger partial charge in [0.2, 0.25) is 5.91 Å². The Kier molecular flexibility index (Phi) is 12.2. The Balaban J connectivity index is 2.02. The van der Waals surface area contributed by atoms with E-state index in [0.29, 0.717) is 17.7 Å². The van der Waals surface area contributed by atoms with Crippen molar-refractivity contribution >= 4 is 17.6 Å². The fraction of sp³-hybridized carbons (Fsp3) is 0.636. The van der Waals surface area contributed by atoms with Gasteiger partial charge in [-0.2, -0.15) is 0 Å². The molecule has 1 rings (SSSR count). The molecule has 0 atom stereocenters. The van der Waals surface area contributed by atoms with Crippen LogP contribution in [0.3, 0.4) is 0 Å². The lowest BCUT2D eigenvalue weighted by molar-refractivity contribution is -0.116. The Morgan fingerprint density at radius 3 is 1.81 bits per heavy atom. The lowest BCUT2D eigenvalue weighted by atomic mass is 10.1. The van der Waals surface area contributed by atoms with Crippen molar-refractivity contribution in [1.29, 1.82) is 0 Å². The molecule has 26 heavy (non-hydrogen) atoms. The number of rotatable bonds is 14. The number of benzene rings is 1. The zero-order valence-electron chi connectivity index (χ0n) is 16.5. The second-order valence-corrected chi connectivity index (χ2v) is 6.90. The molecule has 0 saturated heterocycles. The first-order valence-electron chi connectivity index (χ1n) is 10.2. The molecule has 1 N–H and O–H groups in total. The first kappa shape index (κ1) is 22.2. The van der Waals surface area contributed by atoms with Gasteiger partial charge in [-0.15, -0.1) is 0 Å². The van der Waals surface area contributed by atoms with Crippen molar-refractivity contribution in [2.24, 2.45) is 0 Å². The highest BCUT2D eigenvalue weighted by molar-refractivity contribution is 5.92. The maximum absolute atomic E-state index is 11.9. The van der Waals surface area contributed by atoms with Crippen LogP contribution in [0.4, 0.5) is 5.69 Å². The number of carbonyl (C=O) groups excluding carboxylic acids is 2. The summed E-state index contributed by atoms with van der Waals surface area (Å²) in [4.78, 5) is 23.3. The molecule has 0 spiro atoms. The van der Waals surface area contributed by atoms with Gasteiger partial charge in [0.15, 0.2) is 0 Å². The van der Waals surface area contributed by atoms with Crippen molar-refractivity contribution in [3.05, 3.63) is 29.8 Å². The molecule has 4 heteroatoms. The van der Waals surface area contributed by atoms with Gasteiger partial charge in [0.1, 0.15) is 0 Å². The summed E-state index contributed by atoms with van der Waals surface area (Å²) in [5, 5.41) is 2.87. The monoisotopic (exact) mass is 361 g/mol. The second-order valence-electron chi connectivity index (χ2n) is 6.90. The van der Waals surface area contributed by atoms with Gasteiger partial charge >= 0.3 is 5.97 Å². The van der Waals surface area contributed by atoms with Crippen LogP contribution in [0.2, 0.25) is 0 Å². The third-order valence-electron chi connectivity index (χ3n) is 4.60. The first-order chi connectivity index (χ1) is 12.7. The fourth-order valence-corrected chi connectivity index (χ4v) is 2.98. The Bertz CT molecular complexity index is 511. The molecule has 0 bridgehead atoms.